The molecule has 0 aromatic carbocycles. The highest BCUT2D eigenvalue weighted by Gasteiger charge is 2.23. The molecule has 21 heavy (non-hydrogen) atoms. The first-order valence-electron chi connectivity index (χ1n) is 6.95. The molecule has 0 saturated heterocycles. The lowest BCUT2D eigenvalue weighted by molar-refractivity contribution is -0.117. The van der Waals surface area contributed by atoms with Crippen LogP contribution in [0.5, 0.6) is 5.75 Å². The van der Waals surface area contributed by atoms with Crippen LogP contribution >= 0.6 is 15.9 Å². The molecule has 1 saturated carbocycles. The molecule has 6 heteroatoms. The molecule has 1 amide bonds. The first-order chi connectivity index (χ1) is 9.99. The third-order valence-corrected chi connectivity index (χ3v) is 4.24. The second kappa shape index (κ2) is 6.93. The number of nitrogens with one attached hydrogen (secondary N) is 1. The van der Waals surface area contributed by atoms with Gasteiger partial charge in [-0.05, 0) is 47.7 Å². The largest absolute Gasteiger partial charge is 0.489 e. The number of amides is 1. The maximum Gasteiger partial charge on any atom is 0.254 e. The molecule has 0 atom stereocenters. The minimum atomic E-state index is -0.131. The van der Waals surface area contributed by atoms with Gasteiger partial charge in [0.05, 0.1) is 10.6 Å². The van der Waals surface area contributed by atoms with Gasteiger partial charge in [-0.15, -0.1) is 0 Å². The number of rotatable bonds is 4. The summed E-state index contributed by atoms with van der Waals surface area (Å²) in [6.07, 6.45) is 6.50. The number of carbonyl (C=O) groups excluding carboxylic acids is 1. The van der Waals surface area contributed by atoms with E-state index in [-0.39, 0.29) is 23.6 Å². The fourth-order valence-electron chi connectivity index (χ4n) is 2.44. The van der Waals surface area contributed by atoms with E-state index >= 15 is 0 Å². The third kappa shape index (κ3) is 4.20. The Balaban J connectivity index is 1.92. The Morgan fingerprint density at radius 2 is 2.14 bits per heavy atom. The fourth-order valence-corrected chi connectivity index (χ4v) is 2.95. The van der Waals surface area contributed by atoms with E-state index in [0.717, 1.165) is 30.2 Å². The summed E-state index contributed by atoms with van der Waals surface area (Å²) in [5.74, 6) is 0.449. The zero-order valence-electron chi connectivity index (χ0n) is 12.0. The van der Waals surface area contributed by atoms with Crippen molar-refractivity contribution in [1.29, 1.82) is 0 Å². The number of carbonyl (C=O) groups is 1. The molecule has 2 rings (SSSR count). The van der Waals surface area contributed by atoms with Crippen LogP contribution in [0.3, 0.4) is 0 Å². The zero-order valence-corrected chi connectivity index (χ0v) is 13.6. The minimum Gasteiger partial charge on any atom is -0.489 e. The van der Waals surface area contributed by atoms with E-state index in [0.29, 0.717) is 5.75 Å². The van der Waals surface area contributed by atoms with E-state index in [1.165, 1.54) is 16.7 Å². The number of pyridine rings is 1. The van der Waals surface area contributed by atoms with Crippen LogP contribution in [-0.4, -0.2) is 22.6 Å². The van der Waals surface area contributed by atoms with Crippen molar-refractivity contribution in [3.05, 3.63) is 39.7 Å². The monoisotopic (exact) mass is 354 g/mol. The molecular weight excluding hydrogens is 336 g/mol. The van der Waals surface area contributed by atoms with Gasteiger partial charge in [-0.25, -0.2) is 0 Å². The van der Waals surface area contributed by atoms with Crippen molar-refractivity contribution in [1.82, 2.24) is 9.88 Å². The van der Waals surface area contributed by atoms with E-state index in [2.05, 4.69) is 27.8 Å². The van der Waals surface area contributed by atoms with Crippen LogP contribution in [0.4, 0.5) is 0 Å². The number of ether oxygens (including phenoxy) is 1. The van der Waals surface area contributed by atoms with Crippen LogP contribution in [-0.2, 0) is 11.8 Å². The SMILES string of the molecule is C=CC(=O)N[C@H]1CC[C@H](Oc2cc(=O)n(C)cc2Br)CC1. The van der Waals surface area contributed by atoms with Gasteiger partial charge in [0.2, 0.25) is 5.91 Å². The van der Waals surface area contributed by atoms with Gasteiger partial charge in [-0.2, -0.15) is 0 Å². The molecule has 1 N–H and O–H groups in total. The predicted octanol–water partition coefficient (Wildman–Crippen LogP) is 2.14. The van der Waals surface area contributed by atoms with E-state index < -0.39 is 0 Å². The minimum absolute atomic E-state index is 0.0743. The molecule has 114 valence electrons. The van der Waals surface area contributed by atoms with Crippen molar-refractivity contribution >= 4 is 21.8 Å². The van der Waals surface area contributed by atoms with Gasteiger partial charge in [0.25, 0.3) is 5.56 Å². The highest BCUT2D eigenvalue weighted by molar-refractivity contribution is 9.10. The molecule has 5 nitrogen and oxygen atoms in total. The van der Waals surface area contributed by atoms with E-state index in [1.54, 1.807) is 13.2 Å². The summed E-state index contributed by atoms with van der Waals surface area (Å²) in [5.41, 5.74) is -0.0971. The molecule has 0 bridgehead atoms. The summed E-state index contributed by atoms with van der Waals surface area (Å²) in [4.78, 5) is 22.9. The van der Waals surface area contributed by atoms with Crippen LogP contribution in [0.15, 0.2) is 34.2 Å². The van der Waals surface area contributed by atoms with Crippen LogP contribution in [0.1, 0.15) is 25.7 Å². The predicted molar refractivity (Wildman–Crippen MR) is 84.4 cm³/mol. The lowest BCUT2D eigenvalue weighted by Gasteiger charge is -2.29. The summed E-state index contributed by atoms with van der Waals surface area (Å²) in [6, 6.07) is 1.68. The van der Waals surface area contributed by atoms with Crippen LogP contribution in [0, 0.1) is 0 Å². The van der Waals surface area contributed by atoms with Crippen molar-refractivity contribution < 1.29 is 9.53 Å². The van der Waals surface area contributed by atoms with Gasteiger partial charge < -0.3 is 14.6 Å². The summed E-state index contributed by atoms with van der Waals surface area (Å²) < 4.78 is 8.18. The zero-order chi connectivity index (χ0) is 15.4. The molecule has 0 radical (unpaired) electrons. The van der Waals surface area contributed by atoms with E-state index in [9.17, 15) is 9.59 Å². The number of nitrogens with zero attached hydrogens (tertiary/aromatic N) is 1. The first-order valence-corrected chi connectivity index (χ1v) is 7.74. The standard InChI is InChI=1S/C15H19BrN2O3/c1-3-14(19)17-10-4-6-11(7-5-10)21-13-8-15(20)18(2)9-12(13)16/h3,8-11H,1,4-7H2,2H3,(H,17,19)/t10-,11-. The summed E-state index contributed by atoms with van der Waals surface area (Å²) >= 11 is 3.41. The van der Waals surface area contributed by atoms with E-state index in [4.69, 9.17) is 4.74 Å². The maximum atomic E-state index is 11.6. The Labute approximate surface area is 132 Å². The average Bonchev–Trinajstić information content (AvgIpc) is 2.46. The van der Waals surface area contributed by atoms with Crippen molar-refractivity contribution in [2.75, 3.05) is 0 Å². The first kappa shape index (κ1) is 15.8. The molecule has 1 fully saturated rings. The molecule has 1 heterocycles. The average molecular weight is 355 g/mol. The topological polar surface area (TPSA) is 60.3 Å². The Kier molecular flexibility index (Phi) is 5.22. The molecule has 0 unspecified atom stereocenters. The lowest BCUT2D eigenvalue weighted by atomic mass is 9.93. The Morgan fingerprint density at radius 1 is 1.48 bits per heavy atom. The Hall–Kier alpha value is -1.56. The van der Waals surface area contributed by atoms with Crippen molar-refractivity contribution in [2.24, 2.45) is 7.05 Å². The smallest absolute Gasteiger partial charge is 0.254 e. The van der Waals surface area contributed by atoms with Gasteiger partial charge in [0, 0.05) is 25.4 Å². The summed E-state index contributed by atoms with van der Waals surface area (Å²) in [6.45, 7) is 3.45. The molecule has 1 aliphatic rings. The van der Waals surface area contributed by atoms with Crippen LogP contribution < -0.4 is 15.6 Å². The van der Waals surface area contributed by atoms with Gasteiger partial charge in [-0.1, -0.05) is 6.58 Å². The fraction of sp³-hybridized carbons (Fsp3) is 0.467. The number of aryl methyl sites for hydroxylation is 1. The van der Waals surface area contributed by atoms with Gasteiger partial charge in [-0.3, -0.25) is 9.59 Å². The quantitative estimate of drug-likeness (QED) is 0.842. The van der Waals surface area contributed by atoms with Crippen LogP contribution in [0.2, 0.25) is 0 Å². The summed E-state index contributed by atoms with van der Waals surface area (Å²) in [7, 11) is 1.70. The Bertz CT molecular complexity index is 589. The number of hydrogen-bond acceptors (Lipinski definition) is 3. The highest BCUT2D eigenvalue weighted by Crippen LogP contribution is 2.28. The van der Waals surface area contributed by atoms with Gasteiger partial charge in [0.15, 0.2) is 0 Å². The van der Waals surface area contributed by atoms with Crippen molar-refractivity contribution in [3.8, 4) is 5.75 Å². The van der Waals surface area contributed by atoms with Gasteiger partial charge >= 0.3 is 0 Å². The van der Waals surface area contributed by atoms with Crippen molar-refractivity contribution in [3.63, 3.8) is 0 Å². The molecule has 0 aliphatic heterocycles. The van der Waals surface area contributed by atoms with Crippen LogP contribution in [0.25, 0.3) is 0 Å². The Morgan fingerprint density at radius 3 is 2.76 bits per heavy atom. The van der Waals surface area contributed by atoms with Gasteiger partial charge in [0.1, 0.15) is 5.75 Å². The maximum absolute atomic E-state index is 11.6. The molecule has 1 aliphatic carbocycles. The highest BCUT2D eigenvalue weighted by atomic mass is 79.9. The second-order valence-electron chi connectivity index (χ2n) is 5.24. The normalized spacial score (nSPS) is 21.6. The second-order valence-corrected chi connectivity index (χ2v) is 6.09. The molecule has 1 aromatic heterocycles. The number of hydrogen-bond donors (Lipinski definition) is 1. The molecule has 0 spiro atoms. The number of halogens is 1. The van der Waals surface area contributed by atoms with Crippen molar-refractivity contribution in [2.45, 2.75) is 37.8 Å². The summed E-state index contributed by atoms with van der Waals surface area (Å²) in [5, 5.41) is 2.91. The lowest BCUT2D eigenvalue weighted by Crippen LogP contribution is -2.39. The van der Waals surface area contributed by atoms with E-state index in [1.807, 2.05) is 0 Å². The molecule has 1 aromatic rings. The third-order valence-electron chi connectivity index (χ3n) is 3.64. The molecular formula is C15H19BrN2O3. The number of aromatic nitrogens is 1.